The van der Waals surface area contributed by atoms with E-state index in [9.17, 15) is 28.8 Å². The highest BCUT2D eigenvalue weighted by Gasteiger charge is 2.40. The molecule has 0 unspecified atom stereocenters. The van der Waals surface area contributed by atoms with Crippen LogP contribution in [0.4, 0.5) is 15.3 Å². The number of carbonyl (C=O) groups excluding carboxylic acids is 5. The normalized spacial score (nSPS) is 20.3. The summed E-state index contributed by atoms with van der Waals surface area (Å²) < 4.78 is 16.8. The average Bonchev–Trinajstić information content (AvgIpc) is 3.80. The third-order valence-corrected chi connectivity index (χ3v) is 11.7. The molecule has 5 heterocycles. The molecule has 0 spiro atoms. The lowest BCUT2D eigenvalue weighted by molar-refractivity contribution is -0.156. The van der Waals surface area contributed by atoms with E-state index in [-0.39, 0.29) is 43.0 Å². The van der Waals surface area contributed by atoms with Crippen LogP contribution in [0.3, 0.4) is 0 Å². The maximum Gasteiger partial charge on any atom is 0.417 e. The van der Waals surface area contributed by atoms with Crippen molar-refractivity contribution in [3.8, 4) is 0 Å². The molecule has 3 fully saturated rings. The molecule has 56 heavy (non-hydrogen) atoms. The predicted octanol–water partition coefficient (Wildman–Crippen LogP) is 3.12. The number of aromatic nitrogens is 1. The number of hydrogen-bond acceptors (Lipinski definition) is 10. The van der Waals surface area contributed by atoms with Gasteiger partial charge in [-0.1, -0.05) is 24.3 Å². The molecule has 16 heteroatoms. The number of rotatable bonds is 9. The minimum Gasteiger partial charge on any atom is -0.454 e. The molecule has 5 amide bonds. The van der Waals surface area contributed by atoms with Gasteiger partial charge in [-0.25, -0.2) is 14.4 Å². The lowest BCUT2D eigenvalue weighted by Gasteiger charge is -2.40. The van der Waals surface area contributed by atoms with Crippen LogP contribution in [0, 0.1) is 6.92 Å². The van der Waals surface area contributed by atoms with E-state index in [0.717, 1.165) is 36.2 Å². The number of likely N-dealkylation sites (N-methyl/N-ethyl adjacent to an activating group) is 1. The van der Waals surface area contributed by atoms with Crippen molar-refractivity contribution in [1.82, 2.24) is 29.5 Å². The van der Waals surface area contributed by atoms with Gasteiger partial charge in [-0.2, -0.15) is 0 Å². The Kier molecular flexibility index (Phi) is 11.6. The number of likely N-dealkylation sites (tertiary alicyclic amines) is 3. The van der Waals surface area contributed by atoms with Gasteiger partial charge in [0, 0.05) is 71.0 Å². The van der Waals surface area contributed by atoms with Crippen LogP contribution in [0.15, 0.2) is 45.6 Å². The fourth-order valence-corrected chi connectivity index (χ4v) is 8.56. The minimum atomic E-state index is -1.14. The van der Waals surface area contributed by atoms with Crippen LogP contribution in [0.25, 0.3) is 11.1 Å². The summed E-state index contributed by atoms with van der Waals surface area (Å²) in [4.78, 5) is 89.5. The second kappa shape index (κ2) is 16.8. The molecular formula is C40H51N7O9. The number of benzene rings is 2. The van der Waals surface area contributed by atoms with Gasteiger partial charge in [-0.15, -0.1) is 0 Å². The number of ether oxygens (including phenoxy) is 2. The Bertz CT molecular complexity index is 2010. The zero-order chi connectivity index (χ0) is 39.5. The monoisotopic (exact) mass is 773 g/mol. The SMILES string of the molecule is Cc1cc(C[C@@H](OC(=O)N2CCC(N3CCc4ccccc4NC3=O)CC2)C(=O)N2CCC(N3CCC[C@@H]3C(=O)OCC(=O)N(C)C)CC2)cc2oc(=O)[nH]c12. The van der Waals surface area contributed by atoms with Crippen LogP contribution in [-0.4, -0.2) is 144 Å². The number of nitrogens with zero attached hydrogens (tertiary/aromatic N) is 5. The number of hydrogen-bond donors (Lipinski definition) is 2. The highest BCUT2D eigenvalue weighted by Crippen LogP contribution is 2.29. The molecule has 3 aromatic rings. The first-order chi connectivity index (χ1) is 26.9. The zero-order valence-corrected chi connectivity index (χ0v) is 32.3. The average molecular weight is 774 g/mol. The number of aryl methyl sites for hydroxylation is 1. The van der Waals surface area contributed by atoms with Crippen LogP contribution >= 0.6 is 0 Å². The Balaban J connectivity index is 0.994. The van der Waals surface area contributed by atoms with Crippen LogP contribution in [0.5, 0.6) is 0 Å². The molecule has 2 atom stereocenters. The number of para-hydroxylation sites is 1. The van der Waals surface area contributed by atoms with Crippen molar-refractivity contribution in [2.45, 2.75) is 82.5 Å². The van der Waals surface area contributed by atoms with Gasteiger partial charge >= 0.3 is 23.8 Å². The van der Waals surface area contributed by atoms with Gasteiger partial charge < -0.3 is 38.8 Å². The molecule has 4 aliphatic rings. The Morgan fingerprint density at radius 1 is 0.911 bits per heavy atom. The number of amides is 5. The minimum absolute atomic E-state index is 0.0459. The summed E-state index contributed by atoms with van der Waals surface area (Å²) in [7, 11) is 3.22. The molecule has 0 bridgehead atoms. The van der Waals surface area contributed by atoms with Crippen LogP contribution < -0.4 is 11.1 Å². The quantitative estimate of drug-likeness (QED) is 0.307. The summed E-state index contributed by atoms with van der Waals surface area (Å²) in [5, 5.41) is 3.03. The first kappa shape index (κ1) is 38.9. The van der Waals surface area contributed by atoms with E-state index in [4.69, 9.17) is 13.9 Å². The van der Waals surface area contributed by atoms with Crippen molar-refractivity contribution in [2.75, 3.05) is 65.3 Å². The zero-order valence-electron chi connectivity index (χ0n) is 32.3. The van der Waals surface area contributed by atoms with Gasteiger partial charge in [0.2, 0.25) is 0 Å². The Hall–Kier alpha value is -5.38. The molecule has 2 N–H and O–H groups in total. The van der Waals surface area contributed by atoms with Crippen molar-refractivity contribution >= 4 is 46.7 Å². The molecule has 1 aromatic heterocycles. The van der Waals surface area contributed by atoms with E-state index >= 15 is 0 Å². The predicted molar refractivity (Wildman–Crippen MR) is 205 cm³/mol. The summed E-state index contributed by atoms with van der Waals surface area (Å²) in [6.45, 7) is 4.40. The van der Waals surface area contributed by atoms with E-state index in [1.54, 1.807) is 30.0 Å². The molecule has 0 saturated carbocycles. The van der Waals surface area contributed by atoms with E-state index < -0.39 is 30.0 Å². The van der Waals surface area contributed by atoms with Crippen molar-refractivity contribution in [3.05, 3.63) is 63.6 Å². The second-order valence-electron chi connectivity index (χ2n) is 15.5. The molecule has 4 aliphatic heterocycles. The summed E-state index contributed by atoms with van der Waals surface area (Å²) in [5.41, 5.74) is 4.27. The van der Waals surface area contributed by atoms with Gasteiger partial charge in [0.1, 0.15) is 6.04 Å². The number of fused-ring (bicyclic) bond motifs is 2. The molecule has 3 saturated heterocycles. The fraction of sp³-hybridized carbons (Fsp3) is 0.550. The van der Waals surface area contributed by atoms with Gasteiger partial charge in [0.15, 0.2) is 18.3 Å². The smallest absolute Gasteiger partial charge is 0.417 e. The highest BCUT2D eigenvalue weighted by molar-refractivity contribution is 5.91. The third-order valence-electron chi connectivity index (χ3n) is 11.7. The second-order valence-corrected chi connectivity index (χ2v) is 15.5. The van der Waals surface area contributed by atoms with Crippen molar-refractivity contribution < 1.29 is 37.9 Å². The number of nitrogens with one attached hydrogen (secondary N) is 2. The maximum atomic E-state index is 14.3. The maximum absolute atomic E-state index is 14.3. The third kappa shape index (κ3) is 8.54. The fourth-order valence-electron chi connectivity index (χ4n) is 8.56. The van der Waals surface area contributed by atoms with E-state index in [1.165, 1.54) is 4.90 Å². The number of aromatic amines is 1. The standard InChI is InChI=1S/C40H51N7O9/c1-25-21-26(22-32-35(25)42-39(52)55-32)23-33(36(49)44-16-11-28(12-17-44)46-15-6-9-31(46)37(50)54-24-34(48)43(2)3)56-40(53)45-18-13-29(14-19-45)47-20-10-27-7-4-5-8-30(27)41-38(47)51/h4-5,7-8,21-22,28-29,31,33H,6,9-20,23-24H2,1-3H3,(H,41,51)(H,42,52)/t31-,33-/m1/s1. The summed E-state index contributed by atoms with van der Waals surface area (Å²) >= 11 is 0. The van der Waals surface area contributed by atoms with Crippen LogP contribution in [-0.2, 0) is 36.7 Å². The number of piperidine rings is 2. The van der Waals surface area contributed by atoms with E-state index in [2.05, 4.69) is 15.2 Å². The summed E-state index contributed by atoms with van der Waals surface area (Å²) in [6, 6.07) is 10.8. The highest BCUT2D eigenvalue weighted by atomic mass is 16.6. The van der Waals surface area contributed by atoms with Crippen LogP contribution in [0.1, 0.15) is 55.2 Å². The van der Waals surface area contributed by atoms with Crippen molar-refractivity contribution in [1.29, 1.82) is 0 Å². The summed E-state index contributed by atoms with van der Waals surface area (Å²) in [5.74, 6) is -1.59. The lowest BCUT2D eigenvalue weighted by Crippen LogP contribution is -2.53. The molecule has 300 valence electrons. The summed E-state index contributed by atoms with van der Waals surface area (Å²) in [6.07, 6.45) is 2.94. The van der Waals surface area contributed by atoms with Crippen molar-refractivity contribution in [3.63, 3.8) is 0 Å². The molecule has 16 nitrogen and oxygen atoms in total. The Morgan fingerprint density at radius 3 is 2.38 bits per heavy atom. The van der Waals surface area contributed by atoms with Crippen LogP contribution in [0.2, 0.25) is 0 Å². The van der Waals surface area contributed by atoms with Gasteiger partial charge in [-0.05, 0) is 87.2 Å². The van der Waals surface area contributed by atoms with E-state index in [0.29, 0.717) is 81.5 Å². The number of H-pyrrole nitrogens is 1. The number of anilines is 1. The number of carbonyl (C=O) groups is 5. The Morgan fingerprint density at radius 2 is 1.62 bits per heavy atom. The molecule has 0 radical (unpaired) electrons. The van der Waals surface area contributed by atoms with Crippen molar-refractivity contribution in [2.24, 2.45) is 0 Å². The number of oxazole rings is 1. The molecule has 7 rings (SSSR count). The molecule has 0 aliphatic carbocycles. The van der Waals surface area contributed by atoms with E-state index in [1.807, 2.05) is 42.2 Å². The molecular weight excluding hydrogens is 722 g/mol. The number of urea groups is 1. The first-order valence-corrected chi connectivity index (χ1v) is 19.6. The Labute approximate surface area is 325 Å². The molecule has 2 aromatic carbocycles. The number of esters is 1. The van der Waals surface area contributed by atoms with Gasteiger partial charge in [0.05, 0.1) is 5.52 Å². The van der Waals surface area contributed by atoms with Gasteiger partial charge in [-0.3, -0.25) is 24.3 Å². The first-order valence-electron chi connectivity index (χ1n) is 19.6. The topological polar surface area (TPSA) is 178 Å². The largest absolute Gasteiger partial charge is 0.454 e. The van der Waals surface area contributed by atoms with Gasteiger partial charge in [0.25, 0.3) is 11.8 Å². The lowest BCUT2D eigenvalue weighted by atomic mass is 9.99.